The van der Waals surface area contributed by atoms with Crippen LogP contribution in [-0.4, -0.2) is 13.2 Å². The lowest BCUT2D eigenvalue weighted by atomic mass is 10.0. The normalized spacial score (nSPS) is 15.6. The van der Waals surface area contributed by atoms with Crippen LogP contribution in [0, 0.1) is 5.92 Å². The molecule has 2 nitrogen and oxygen atoms in total. The van der Waals surface area contributed by atoms with Gasteiger partial charge in [0.25, 0.3) is 0 Å². The minimum atomic E-state index is 0.568. The van der Waals surface area contributed by atoms with Crippen molar-refractivity contribution in [3.05, 3.63) is 42.5 Å². The summed E-state index contributed by atoms with van der Waals surface area (Å²) in [5.74, 6) is 1.89. The Morgan fingerprint density at radius 1 is 1.21 bits per heavy atom. The molecule has 104 valence electrons. The molecular weight excluding hydrogens is 234 g/mol. The Labute approximate surface area is 116 Å². The largest absolute Gasteiger partial charge is 0.490 e. The lowest BCUT2D eigenvalue weighted by Crippen LogP contribution is -2.16. The molecule has 0 unspecified atom stereocenters. The molecule has 1 aliphatic carbocycles. The van der Waals surface area contributed by atoms with Crippen molar-refractivity contribution in [1.82, 2.24) is 5.32 Å². The van der Waals surface area contributed by atoms with Gasteiger partial charge in [0.15, 0.2) is 0 Å². The number of benzene rings is 1. The molecule has 1 N–H and O–H groups in total. The van der Waals surface area contributed by atoms with Crippen molar-refractivity contribution in [2.75, 3.05) is 13.2 Å². The third-order valence-corrected chi connectivity index (χ3v) is 3.82. The van der Waals surface area contributed by atoms with Crippen LogP contribution in [0.3, 0.4) is 0 Å². The highest BCUT2D eigenvalue weighted by atomic mass is 16.5. The van der Waals surface area contributed by atoms with Crippen LogP contribution in [0.1, 0.15) is 37.7 Å². The Hall–Kier alpha value is -1.28. The number of ether oxygens (including phenoxy) is 1. The van der Waals surface area contributed by atoms with E-state index in [-0.39, 0.29) is 0 Å². The first-order valence-corrected chi connectivity index (χ1v) is 7.42. The molecule has 0 aromatic heterocycles. The number of hydrogen-bond donors (Lipinski definition) is 1. The molecule has 0 radical (unpaired) electrons. The molecule has 2 heteroatoms. The lowest BCUT2D eigenvalue weighted by Gasteiger charge is -2.10. The van der Waals surface area contributed by atoms with Crippen LogP contribution >= 0.6 is 0 Å². The van der Waals surface area contributed by atoms with E-state index in [1.54, 1.807) is 6.08 Å². The molecule has 0 atom stereocenters. The lowest BCUT2D eigenvalue weighted by molar-refractivity contribution is 0.363. The molecule has 0 aliphatic heterocycles. The Kier molecular flexibility index (Phi) is 5.96. The summed E-state index contributed by atoms with van der Waals surface area (Å²) in [6.07, 6.45) is 8.86. The van der Waals surface area contributed by atoms with E-state index >= 15 is 0 Å². The van der Waals surface area contributed by atoms with Gasteiger partial charge in [-0.15, -0.1) is 0 Å². The van der Waals surface area contributed by atoms with Crippen LogP contribution in [0.25, 0.3) is 0 Å². The molecule has 0 heterocycles. The van der Waals surface area contributed by atoms with Gasteiger partial charge < -0.3 is 10.1 Å². The second kappa shape index (κ2) is 8.00. The van der Waals surface area contributed by atoms with Gasteiger partial charge in [0.1, 0.15) is 12.4 Å². The van der Waals surface area contributed by atoms with Gasteiger partial charge in [-0.1, -0.05) is 50.5 Å². The Morgan fingerprint density at radius 3 is 2.63 bits per heavy atom. The standard InChI is InChI=1S/C17H25NO/c1-2-13-19-17-9-7-16(8-10-17)14-18-12-11-15-5-3-4-6-15/h2,7-10,15,18H,1,3-6,11-14H2. The summed E-state index contributed by atoms with van der Waals surface area (Å²) in [6, 6.07) is 8.30. The smallest absolute Gasteiger partial charge is 0.119 e. The van der Waals surface area contributed by atoms with Crippen molar-refractivity contribution in [2.24, 2.45) is 5.92 Å². The predicted molar refractivity (Wildman–Crippen MR) is 80.4 cm³/mol. The summed E-state index contributed by atoms with van der Waals surface area (Å²) >= 11 is 0. The van der Waals surface area contributed by atoms with E-state index in [1.807, 2.05) is 12.1 Å². The van der Waals surface area contributed by atoms with E-state index in [1.165, 1.54) is 37.7 Å². The van der Waals surface area contributed by atoms with Crippen molar-refractivity contribution in [3.63, 3.8) is 0 Å². The van der Waals surface area contributed by atoms with Gasteiger partial charge in [-0.05, 0) is 36.6 Å². The van der Waals surface area contributed by atoms with Gasteiger partial charge in [-0.3, -0.25) is 0 Å². The SMILES string of the molecule is C=CCOc1ccc(CNCCC2CCCC2)cc1. The molecule has 0 amide bonds. The molecule has 19 heavy (non-hydrogen) atoms. The van der Waals surface area contributed by atoms with E-state index in [0.29, 0.717) is 6.61 Å². The molecule has 1 aliphatic rings. The first kappa shape index (κ1) is 14.1. The number of nitrogens with one attached hydrogen (secondary N) is 1. The molecule has 0 bridgehead atoms. The molecule has 2 rings (SSSR count). The average molecular weight is 259 g/mol. The fourth-order valence-corrected chi connectivity index (χ4v) is 2.70. The molecule has 0 spiro atoms. The van der Waals surface area contributed by atoms with Gasteiger partial charge in [-0.2, -0.15) is 0 Å². The van der Waals surface area contributed by atoms with Gasteiger partial charge >= 0.3 is 0 Å². The third-order valence-electron chi connectivity index (χ3n) is 3.82. The van der Waals surface area contributed by atoms with Crippen molar-refractivity contribution in [1.29, 1.82) is 0 Å². The van der Waals surface area contributed by atoms with Crippen molar-refractivity contribution in [3.8, 4) is 5.75 Å². The summed E-state index contributed by atoms with van der Waals surface area (Å²) in [6.45, 7) is 6.30. The fraction of sp³-hybridized carbons (Fsp3) is 0.529. The van der Waals surface area contributed by atoms with Crippen molar-refractivity contribution < 1.29 is 4.74 Å². The number of hydrogen-bond acceptors (Lipinski definition) is 2. The van der Waals surface area contributed by atoms with Gasteiger partial charge in [0.05, 0.1) is 0 Å². The minimum absolute atomic E-state index is 0.568. The Balaban J connectivity index is 1.63. The van der Waals surface area contributed by atoms with Crippen LogP contribution in [0.15, 0.2) is 36.9 Å². The zero-order valence-corrected chi connectivity index (χ0v) is 11.7. The topological polar surface area (TPSA) is 21.3 Å². The molecule has 1 aromatic rings. The highest BCUT2D eigenvalue weighted by Gasteiger charge is 2.13. The monoisotopic (exact) mass is 259 g/mol. The molecule has 1 fully saturated rings. The van der Waals surface area contributed by atoms with Gasteiger partial charge in [0, 0.05) is 6.54 Å². The van der Waals surface area contributed by atoms with Crippen molar-refractivity contribution in [2.45, 2.75) is 38.6 Å². The summed E-state index contributed by atoms with van der Waals surface area (Å²) in [5, 5.41) is 3.53. The summed E-state index contributed by atoms with van der Waals surface area (Å²) < 4.78 is 5.46. The molecular formula is C17H25NO. The second-order valence-electron chi connectivity index (χ2n) is 5.36. The van der Waals surface area contributed by atoms with Crippen LogP contribution in [0.2, 0.25) is 0 Å². The Morgan fingerprint density at radius 2 is 1.95 bits per heavy atom. The van der Waals surface area contributed by atoms with E-state index < -0.39 is 0 Å². The molecule has 0 saturated heterocycles. The predicted octanol–water partition coefficient (Wildman–Crippen LogP) is 3.92. The minimum Gasteiger partial charge on any atom is -0.490 e. The summed E-state index contributed by atoms with van der Waals surface area (Å²) in [7, 11) is 0. The zero-order chi connectivity index (χ0) is 13.3. The quantitative estimate of drug-likeness (QED) is 0.564. The van der Waals surface area contributed by atoms with Gasteiger partial charge in [0.2, 0.25) is 0 Å². The third kappa shape index (κ3) is 5.07. The first-order valence-electron chi connectivity index (χ1n) is 7.42. The molecule has 1 aromatic carbocycles. The summed E-state index contributed by atoms with van der Waals surface area (Å²) in [5.41, 5.74) is 1.32. The average Bonchev–Trinajstić information content (AvgIpc) is 2.96. The highest BCUT2D eigenvalue weighted by molar-refractivity contribution is 5.27. The van der Waals surface area contributed by atoms with Crippen LogP contribution in [0.5, 0.6) is 5.75 Å². The van der Waals surface area contributed by atoms with Gasteiger partial charge in [-0.25, -0.2) is 0 Å². The maximum atomic E-state index is 5.46. The van der Waals surface area contributed by atoms with Crippen molar-refractivity contribution >= 4 is 0 Å². The van der Waals surface area contributed by atoms with E-state index in [4.69, 9.17) is 4.74 Å². The van der Waals surface area contributed by atoms with Crippen LogP contribution in [-0.2, 0) is 6.54 Å². The summed E-state index contributed by atoms with van der Waals surface area (Å²) in [4.78, 5) is 0. The van der Waals surface area contributed by atoms with Crippen LogP contribution in [0.4, 0.5) is 0 Å². The highest BCUT2D eigenvalue weighted by Crippen LogP contribution is 2.26. The first-order chi connectivity index (χ1) is 9.38. The van der Waals surface area contributed by atoms with Crippen LogP contribution < -0.4 is 10.1 Å². The maximum absolute atomic E-state index is 5.46. The second-order valence-corrected chi connectivity index (χ2v) is 5.36. The Bertz CT molecular complexity index is 365. The van der Waals surface area contributed by atoms with E-state index in [0.717, 1.165) is 24.8 Å². The fourth-order valence-electron chi connectivity index (χ4n) is 2.70. The van der Waals surface area contributed by atoms with E-state index in [2.05, 4.69) is 24.0 Å². The number of rotatable bonds is 8. The zero-order valence-electron chi connectivity index (χ0n) is 11.7. The molecule has 1 saturated carbocycles. The van der Waals surface area contributed by atoms with E-state index in [9.17, 15) is 0 Å². The maximum Gasteiger partial charge on any atom is 0.119 e.